The molecule has 3 atom stereocenters. The summed E-state index contributed by atoms with van der Waals surface area (Å²) in [6.07, 6.45) is 0.686. The highest BCUT2D eigenvalue weighted by atomic mass is 35.5. The van der Waals surface area contributed by atoms with Crippen LogP contribution in [0, 0.1) is 10.1 Å². The smallest absolute Gasteiger partial charge is 0.293 e. The predicted octanol–water partition coefficient (Wildman–Crippen LogP) is 2.85. The lowest BCUT2D eigenvalue weighted by molar-refractivity contribution is -0.384. The Labute approximate surface area is 122 Å². The zero-order valence-corrected chi connectivity index (χ0v) is 12.1. The summed E-state index contributed by atoms with van der Waals surface area (Å²) in [5.41, 5.74) is 0.411. The second-order valence-corrected chi connectivity index (χ2v) is 5.04. The molecule has 0 heterocycles. The average molecular weight is 301 g/mol. The van der Waals surface area contributed by atoms with Gasteiger partial charge in [0.05, 0.1) is 17.1 Å². The molecular formula is C13H17ClN2O4. The summed E-state index contributed by atoms with van der Waals surface area (Å²) in [5.74, 6) is 0. The summed E-state index contributed by atoms with van der Waals surface area (Å²) in [6, 6.07) is 4.57. The number of nitrogens with zero attached hydrogens (tertiary/aromatic N) is 1. The van der Waals surface area contributed by atoms with Crippen molar-refractivity contribution in [1.29, 1.82) is 0 Å². The Morgan fingerprint density at radius 2 is 2.30 bits per heavy atom. The number of nitrogens with one attached hydrogen (secondary N) is 1. The van der Waals surface area contributed by atoms with Gasteiger partial charge in [0, 0.05) is 24.8 Å². The highest BCUT2D eigenvalue weighted by Crippen LogP contribution is 2.34. The molecule has 1 saturated carbocycles. The van der Waals surface area contributed by atoms with Crippen molar-refractivity contribution in [2.45, 2.75) is 31.6 Å². The third-order valence-corrected chi connectivity index (χ3v) is 3.63. The lowest BCUT2D eigenvalue weighted by Crippen LogP contribution is -2.56. The van der Waals surface area contributed by atoms with Gasteiger partial charge >= 0.3 is 0 Å². The number of methoxy groups -OCH3 is 1. The Balaban J connectivity index is 2.09. The van der Waals surface area contributed by atoms with Gasteiger partial charge in [-0.25, -0.2) is 0 Å². The number of anilines is 1. The fraction of sp³-hybridized carbons (Fsp3) is 0.538. The molecule has 0 saturated heterocycles. The molecule has 20 heavy (non-hydrogen) atoms. The topological polar surface area (TPSA) is 73.6 Å². The van der Waals surface area contributed by atoms with Crippen LogP contribution in [0.4, 0.5) is 11.4 Å². The van der Waals surface area contributed by atoms with Crippen LogP contribution in [-0.4, -0.2) is 36.9 Å². The van der Waals surface area contributed by atoms with Crippen molar-refractivity contribution < 1.29 is 14.4 Å². The summed E-state index contributed by atoms with van der Waals surface area (Å²) in [5, 5.41) is 14.5. The number of hydrogen-bond donors (Lipinski definition) is 1. The van der Waals surface area contributed by atoms with Gasteiger partial charge in [0.15, 0.2) is 0 Å². The van der Waals surface area contributed by atoms with Crippen LogP contribution in [0.2, 0.25) is 5.02 Å². The maximum absolute atomic E-state index is 11.0. The molecule has 1 fully saturated rings. The number of halogens is 1. The van der Waals surface area contributed by atoms with E-state index >= 15 is 0 Å². The van der Waals surface area contributed by atoms with Crippen LogP contribution >= 0.6 is 11.6 Å². The van der Waals surface area contributed by atoms with Gasteiger partial charge in [0.1, 0.15) is 11.8 Å². The van der Waals surface area contributed by atoms with E-state index in [1.54, 1.807) is 19.2 Å². The van der Waals surface area contributed by atoms with Crippen LogP contribution in [0.3, 0.4) is 0 Å². The molecule has 7 heteroatoms. The molecule has 6 nitrogen and oxygen atoms in total. The number of rotatable bonds is 6. The van der Waals surface area contributed by atoms with Crippen molar-refractivity contribution in [1.82, 2.24) is 0 Å². The minimum absolute atomic E-state index is 0.00331. The van der Waals surface area contributed by atoms with Crippen molar-refractivity contribution in [3.8, 4) is 0 Å². The van der Waals surface area contributed by atoms with Crippen LogP contribution < -0.4 is 5.32 Å². The first-order chi connectivity index (χ1) is 9.56. The van der Waals surface area contributed by atoms with E-state index in [-0.39, 0.29) is 23.9 Å². The Bertz CT molecular complexity index is 497. The third-order valence-electron chi connectivity index (χ3n) is 3.40. The van der Waals surface area contributed by atoms with E-state index in [9.17, 15) is 10.1 Å². The SMILES string of the molecule is CCOC1CC(Nc2ccc(Cl)cc2[N+](=O)[O-])C1OC. The first-order valence-corrected chi connectivity index (χ1v) is 6.79. The van der Waals surface area contributed by atoms with E-state index in [4.69, 9.17) is 21.1 Å². The molecule has 1 N–H and O–H groups in total. The van der Waals surface area contributed by atoms with Crippen LogP contribution in [0.15, 0.2) is 18.2 Å². The standard InChI is InChI=1S/C13H17ClN2O4/c1-3-20-12-7-10(13(12)19-2)15-9-5-4-8(14)6-11(9)16(17)18/h4-6,10,12-13,15H,3,7H2,1-2H3. The van der Waals surface area contributed by atoms with Gasteiger partial charge in [-0.1, -0.05) is 11.6 Å². The lowest BCUT2D eigenvalue weighted by atomic mass is 9.85. The summed E-state index contributed by atoms with van der Waals surface area (Å²) >= 11 is 5.79. The number of nitro groups is 1. The lowest BCUT2D eigenvalue weighted by Gasteiger charge is -2.43. The Hall–Kier alpha value is -1.37. The molecule has 3 unspecified atom stereocenters. The minimum atomic E-state index is -0.450. The molecule has 110 valence electrons. The Morgan fingerprint density at radius 3 is 2.90 bits per heavy atom. The highest BCUT2D eigenvalue weighted by Gasteiger charge is 2.42. The molecule has 0 spiro atoms. The van der Waals surface area contributed by atoms with Crippen LogP contribution in [-0.2, 0) is 9.47 Å². The van der Waals surface area contributed by atoms with Crippen molar-refractivity contribution in [3.05, 3.63) is 33.3 Å². The van der Waals surface area contributed by atoms with Gasteiger partial charge in [0.25, 0.3) is 5.69 Å². The van der Waals surface area contributed by atoms with E-state index in [0.717, 1.165) is 6.42 Å². The molecule has 1 aliphatic carbocycles. The predicted molar refractivity (Wildman–Crippen MR) is 76.3 cm³/mol. The van der Waals surface area contributed by atoms with Crippen molar-refractivity contribution >= 4 is 23.0 Å². The van der Waals surface area contributed by atoms with Crippen molar-refractivity contribution in [2.24, 2.45) is 0 Å². The monoisotopic (exact) mass is 300 g/mol. The van der Waals surface area contributed by atoms with E-state index in [2.05, 4.69) is 5.32 Å². The zero-order valence-electron chi connectivity index (χ0n) is 11.3. The van der Waals surface area contributed by atoms with Gasteiger partial charge in [-0.3, -0.25) is 10.1 Å². The van der Waals surface area contributed by atoms with Crippen molar-refractivity contribution in [2.75, 3.05) is 19.0 Å². The fourth-order valence-corrected chi connectivity index (χ4v) is 2.56. The maximum Gasteiger partial charge on any atom is 0.293 e. The van der Waals surface area contributed by atoms with Gasteiger partial charge in [-0.15, -0.1) is 0 Å². The summed E-state index contributed by atoms with van der Waals surface area (Å²) in [4.78, 5) is 10.6. The summed E-state index contributed by atoms with van der Waals surface area (Å²) < 4.78 is 10.9. The molecule has 0 radical (unpaired) electrons. The van der Waals surface area contributed by atoms with Crippen LogP contribution in [0.1, 0.15) is 13.3 Å². The fourth-order valence-electron chi connectivity index (χ4n) is 2.39. The second kappa shape index (κ2) is 6.39. The minimum Gasteiger partial charge on any atom is -0.377 e. The van der Waals surface area contributed by atoms with E-state index in [0.29, 0.717) is 17.3 Å². The van der Waals surface area contributed by atoms with Gasteiger partial charge in [0.2, 0.25) is 0 Å². The highest BCUT2D eigenvalue weighted by molar-refractivity contribution is 6.30. The van der Waals surface area contributed by atoms with E-state index in [1.165, 1.54) is 6.07 Å². The normalized spacial score (nSPS) is 25.1. The number of benzene rings is 1. The summed E-state index contributed by atoms with van der Waals surface area (Å²) in [7, 11) is 1.61. The molecule has 0 amide bonds. The Morgan fingerprint density at radius 1 is 1.55 bits per heavy atom. The first-order valence-electron chi connectivity index (χ1n) is 6.41. The molecule has 0 aliphatic heterocycles. The third kappa shape index (κ3) is 3.03. The molecule has 1 aromatic rings. The average Bonchev–Trinajstić information content (AvgIpc) is 2.39. The van der Waals surface area contributed by atoms with Crippen LogP contribution in [0.5, 0.6) is 0 Å². The molecule has 1 aliphatic rings. The van der Waals surface area contributed by atoms with Crippen LogP contribution in [0.25, 0.3) is 0 Å². The van der Waals surface area contributed by atoms with E-state index < -0.39 is 4.92 Å². The Kier molecular flexibility index (Phi) is 4.80. The van der Waals surface area contributed by atoms with Gasteiger partial charge in [-0.2, -0.15) is 0 Å². The first kappa shape index (κ1) is 15.0. The second-order valence-electron chi connectivity index (χ2n) is 4.60. The van der Waals surface area contributed by atoms with Gasteiger partial charge in [-0.05, 0) is 25.5 Å². The largest absolute Gasteiger partial charge is 0.377 e. The molecule has 1 aromatic carbocycles. The number of hydrogen-bond acceptors (Lipinski definition) is 5. The van der Waals surface area contributed by atoms with Crippen molar-refractivity contribution in [3.63, 3.8) is 0 Å². The zero-order chi connectivity index (χ0) is 14.7. The van der Waals surface area contributed by atoms with Gasteiger partial charge < -0.3 is 14.8 Å². The maximum atomic E-state index is 11.0. The number of ether oxygens (including phenoxy) is 2. The molecule has 0 aromatic heterocycles. The molecular weight excluding hydrogens is 284 g/mol. The summed E-state index contributed by atoms with van der Waals surface area (Å²) in [6.45, 7) is 2.55. The quantitative estimate of drug-likeness (QED) is 0.646. The molecule has 2 rings (SSSR count). The number of nitro benzene ring substituents is 1. The molecule has 0 bridgehead atoms. The van der Waals surface area contributed by atoms with E-state index in [1.807, 2.05) is 6.92 Å².